The molecule has 1 saturated heterocycles. The Labute approximate surface area is 135 Å². The van der Waals surface area contributed by atoms with Gasteiger partial charge in [0.1, 0.15) is 0 Å². The quantitative estimate of drug-likeness (QED) is 0.653. The Balaban J connectivity index is 1.95. The first kappa shape index (κ1) is 16.3. The first-order valence-corrected chi connectivity index (χ1v) is 8.30. The first-order valence-electron chi connectivity index (χ1n) is 7.50. The van der Waals surface area contributed by atoms with Crippen molar-refractivity contribution in [2.45, 2.75) is 19.9 Å². The van der Waals surface area contributed by atoms with E-state index < -0.39 is 0 Å². The van der Waals surface area contributed by atoms with Crippen molar-refractivity contribution in [3.8, 4) is 0 Å². The van der Waals surface area contributed by atoms with Crippen LogP contribution in [0.4, 0.5) is 0 Å². The summed E-state index contributed by atoms with van der Waals surface area (Å²) in [5.74, 6) is 1.58. The zero-order chi connectivity index (χ0) is 15.1. The minimum atomic E-state index is 0.617. The second-order valence-corrected chi connectivity index (χ2v) is 6.32. The fourth-order valence-corrected chi connectivity index (χ4v) is 2.69. The van der Waals surface area contributed by atoms with E-state index in [0.717, 1.165) is 43.2 Å². The van der Waals surface area contributed by atoms with Crippen molar-refractivity contribution in [2.75, 3.05) is 33.4 Å². The van der Waals surface area contributed by atoms with Crippen LogP contribution >= 0.6 is 15.9 Å². The normalized spacial score (nSPS) is 18.8. The molecule has 1 atom stereocenters. The van der Waals surface area contributed by atoms with Crippen LogP contribution in [0.25, 0.3) is 0 Å². The van der Waals surface area contributed by atoms with E-state index in [-0.39, 0.29) is 0 Å². The van der Waals surface area contributed by atoms with Crippen LogP contribution in [0.2, 0.25) is 0 Å². The molecule has 0 aliphatic carbocycles. The maximum atomic E-state index is 5.45. The van der Waals surface area contributed by atoms with Crippen LogP contribution in [0.5, 0.6) is 0 Å². The van der Waals surface area contributed by atoms with E-state index in [9.17, 15) is 0 Å². The average molecular weight is 354 g/mol. The van der Waals surface area contributed by atoms with Crippen molar-refractivity contribution < 1.29 is 4.74 Å². The molecule has 0 saturated carbocycles. The SMILES string of the molecule is CCNC(=NCc1ccc(Br)cc1)N(C)CC1CCOC1. The third kappa shape index (κ3) is 5.32. The molecule has 0 amide bonds. The van der Waals surface area contributed by atoms with Gasteiger partial charge in [-0.15, -0.1) is 0 Å². The highest BCUT2D eigenvalue weighted by Crippen LogP contribution is 2.14. The van der Waals surface area contributed by atoms with Gasteiger partial charge in [-0.2, -0.15) is 0 Å². The summed E-state index contributed by atoms with van der Waals surface area (Å²) in [4.78, 5) is 6.94. The van der Waals surface area contributed by atoms with E-state index in [1.165, 1.54) is 5.56 Å². The molecule has 1 fully saturated rings. The monoisotopic (exact) mass is 353 g/mol. The lowest BCUT2D eigenvalue weighted by Gasteiger charge is -2.24. The Morgan fingerprint density at radius 3 is 2.81 bits per heavy atom. The fourth-order valence-electron chi connectivity index (χ4n) is 2.43. The lowest BCUT2D eigenvalue weighted by Crippen LogP contribution is -2.41. The highest BCUT2D eigenvalue weighted by Gasteiger charge is 2.18. The molecule has 1 heterocycles. The number of nitrogens with zero attached hydrogens (tertiary/aromatic N) is 2. The molecule has 1 aliphatic heterocycles. The van der Waals surface area contributed by atoms with Gasteiger partial charge in [0.2, 0.25) is 0 Å². The van der Waals surface area contributed by atoms with Crippen LogP contribution in [-0.2, 0) is 11.3 Å². The van der Waals surface area contributed by atoms with Crippen LogP contribution in [0.3, 0.4) is 0 Å². The van der Waals surface area contributed by atoms with Crippen molar-refractivity contribution in [2.24, 2.45) is 10.9 Å². The fraction of sp³-hybridized carbons (Fsp3) is 0.562. The Morgan fingerprint density at radius 2 is 2.19 bits per heavy atom. The molecule has 1 aliphatic rings. The molecule has 1 unspecified atom stereocenters. The molecule has 21 heavy (non-hydrogen) atoms. The van der Waals surface area contributed by atoms with Gasteiger partial charge in [-0.3, -0.25) is 0 Å². The Bertz CT molecular complexity index is 455. The van der Waals surface area contributed by atoms with Gasteiger partial charge in [-0.25, -0.2) is 4.99 Å². The predicted octanol–water partition coefficient (Wildman–Crippen LogP) is 2.88. The number of rotatable bonds is 5. The van der Waals surface area contributed by atoms with Crippen LogP contribution in [-0.4, -0.2) is 44.2 Å². The minimum Gasteiger partial charge on any atom is -0.381 e. The largest absolute Gasteiger partial charge is 0.381 e. The maximum Gasteiger partial charge on any atom is 0.193 e. The summed E-state index contributed by atoms with van der Waals surface area (Å²) in [5, 5.41) is 3.36. The average Bonchev–Trinajstić information content (AvgIpc) is 2.98. The second-order valence-electron chi connectivity index (χ2n) is 5.41. The Kier molecular flexibility index (Phi) is 6.51. The molecule has 0 bridgehead atoms. The molecular formula is C16H24BrN3O. The summed E-state index contributed by atoms with van der Waals surface area (Å²) in [6.45, 7) is 6.43. The van der Waals surface area contributed by atoms with Gasteiger partial charge in [0, 0.05) is 37.1 Å². The van der Waals surface area contributed by atoms with Gasteiger partial charge in [-0.05, 0) is 31.0 Å². The van der Waals surface area contributed by atoms with Crippen LogP contribution in [0.15, 0.2) is 33.7 Å². The molecule has 1 aromatic rings. The van der Waals surface area contributed by atoms with Gasteiger partial charge in [0.15, 0.2) is 5.96 Å². The number of ether oxygens (including phenoxy) is 1. The first-order chi connectivity index (χ1) is 10.2. The molecular weight excluding hydrogens is 330 g/mol. The van der Waals surface area contributed by atoms with E-state index in [4.69, 9.17) is 9.73 Å². The van der Waals surface area contributed by atoms with Crippen molar-refractivity contribution in [3.63, 3.8) is 0 Å². The van der Waals surface area contributed by atoms with Crippen molar-refractivity contribution >= 4 is 21.9 Å². The van der Waals surface area contributed by atoms with Crippen molar-refractivity contribution in [3.05, 3.63) is 34.3 Å². The lowest BCUT2D eigenvalue weighted by atomic mass is 10.1. The summed E-state index contributed by atoms with van der Waals surface area (Å²) < 4.78 is 6.54. The third-order valence-electron chi connectivity index (χ3n) is 3.58. The molecule has 4 nitrogen and oxygen atoms in total. The number of hydrogen-bond acceptors (Lipinski definition) is 2. The summed E-state index contributed by atoms with van der Waals surface area (Å²) in [6, 6.07) is 8.30. The second kappa shape index (κ2) is 8.39. The number of aliphatic imine (C=N–C) groups is 1. The zero-order valence-corrected chi connectivity index (χ0v) is 14.4. The molecule has 1 N–H and O–H groups in total. The number of guanidine groups is 1. The Hall–Kier alpha value is -1.07. The highest BCUT2D eigenvalue weighted by atomic mass is 79.9. The van der Waals surface area contributed by atoms with E-state index in [1.807, 2.05) is 0 Å². The zero-order valence-electron chi connectivity index (χ0n) is 12.8. The van der Waals surface area contributed by atoms with Crippen molar-refractivity contribution in [1.29, 1.82) is 0 Å². The van der Waals surface area contributed by atoms with Crippen molar-refractivity contribution in [1.82, 2.24) is 10.2 Å². The smallest absolute Gasteiger partial charge is 0.193 e. The van der Waals surface area contributed by atoms with Gasteiger partial charge in [0.05, 0.1) is 13.2 Å². The van der Waals surface area contributed by atoms with E-state index in [2.05, 4.69) is 64.4 Å². The van der Waals surface area contributed by atoms with E-state index in [1.54, 1.807) is 0 Å². The summed E-state index contributed by atoms with van der Waals surface area (Å²) in [6.07, 6.45) is 1.15. The molecule has 5 heteroatoms. The van der Waals surface area contributed by atoms with E-state index in [0.29, 0.717) is 12.5 Å². The standard InChI is InChI=1S/C16H24BrN3O/c1-3-18-16(20(2)11-14-8-9-21-12-14)19-10-13-4-6-15(17)7-5-13/h4-7,14H,3,8-12H2,1-2H3,(H,18,19). The number of halogens is 1. The minimum absolute atomic E-state index is 0.617. The van der Waals surface area contributed by atoms with Gasteiger partial charge in [0.25, 0.3) is 0 Å². The molecule has 2 rings (SSSR count). The highest BCUT2D eigenvalue weighted by molar-refractivity contribution is 9.10. The molecule has 116 valence electrons. The summed E-state index contributed by atoms with van der Waals surface area (Å²) >= 11 is 3.45. The maximum absolute atomic E-state index is 5.45. The molecule has 0 aromatic heterocycles. The number of benzene rings is 1. The lowest BCUT2D eigenvalue weighted by molar-refractivity contribution is 0.181. The van der Waals surface area contributed by atoms with Gasteiger partial charge < -0.3 is 15.0 Å². The third-order valence-corrected chi connectivity index (χ3v) is 4.11. The van der Waals surface area contributed by atoms with Crippen LogP contribution in [0.1, 0.15) is 18.9 Å². The van der Waals surface area contributed by atoms with E-state index >= 15 is 0 Å². The Morgan fingerprint density at radius 1 is 1.43 bits per heavy atom. The molecule has 0 radical (unpaired) electrons. The van der Waals surface area contributed by atoms with Gasteiger partial charge >= 0.3 is 0 Å². The molecule has 0 spiro atoms. The summed E-state index contributed by atoms with van der Waals surface area (Å²) in [5.41, 5.74) is 1.21. The number of hydrogen-bond donors (Lipinski definition) is 1. The van der Waals surface area contributed by atoms with Gasteiger partial charge in [-0.1, -0.05) is 28.1 Å². The topological polar surface area (TPSA) is 36.9 Å². The molecule has 1 aromatic carbocycles. The summed E-state index contributed by atoms with van der Waals surface area (Å²) in [7, 11) is 2.10. The predicted molar refractivity (Wildman–Crippen MR) is 90.5 cm³/mol. The number of nitrogens with one attached hydrogen (secondary N) is 1. The van der Waals surface area contributed by atoms with Crippen LogP contribution in [0, 0.1) is 5.92 Å². The van der Waals surface area contributed by atoms with Crippen LogP contribution < -0.4 is 5.32 Å².